The van der Waals surface area contributed by atoms with Gasteiger partial charge in [0, 0.05) is 17.6 Å². The molecule has 0 bridgehead atoms. The molecule has 1 heterocycles. The van der Waals surface area contributed by atoms with Crippen LogP contribution in [-0.4, -0.2) is 45.7 Å². The maximum Gasteiger partial charge on any atom is 0.243 e. The van der Waals surface area contributed by atoms with Crippen LogP contribution in [0.4, 0.5) is 0 Å². The van der Waals surface area contributed by atoms with Crippen molar-refractivity contribution in [2.45, 2.75) is 17.4 Å². The van der Waals surface area contributed by atoms with E-state index in [0.717, 1.165) is 4.31 Å². The Bertz CT molecular complexity index is 733. The fourth-order valence-electron chi connectivity index (χ4n) is 2.06. The van der Waals surface area contributed by atoms with E-state index in [1.807, 2.05) is 0 Å². The standard InChI is InChI=1S/C11H13BrClNO4S2/c1-14(8-4-5-19(15,16)7-8)20(17,18)9-2-3-11(13)10(12)6-9/h2-3,6,8H,4-5,7H2,1H3. The van der Waals surface area contributed by atoms with E-state index in [0.29, 0.717) is 15.9 Å². The molecule has 5 nitrogen and oxygen atoms in total. The molecule has 0 spiro atoms. The van der Waals surface area contributed by atoms with Crippen molar-refractivity contribution in [3.63, 3.8) is 0 Å². The Balaban J connectivity index is 2.32. The van der Waals surface area contributed by atoms with Crippen LogP contribution in [0.25, 0.3) is 0 Å². The van der Waals surface area contributed by atoms with Crippen molar-refractivity contribution in [3.8, 4) is 0 Å². The second-order valence-electron chi connectivity index (χ2n) is 4.65. The molecule has 0 amide bonds. The van der Waals surface area contributed by atoms with Gasteiger partial charge >= 0.3 is 0 Å². The number of benzene rings is 1. The molecule has 1 aromatic carbocycles. The third kappa shape index (κ3) is 3.19. The first-order chi connectivity index (χ1) is 9.13. The molecule has 0 aliphatic carbocycles. The molecule has 9 heteroatoms. The lowest BCUT2D eigenvalue weighted by Gasteiger charge is -2.22. The number of rotatable bonds is 3. The van der Waals surface area contributed by atoms with E-state index >= 15 is 0 Å². The minimum Gasteiger partial charge on any atom is -0.229 e. The highest BCUT2D eigenvalue weighted by Gasteiger charge is 2.36. The Hall–Kier alpha value is -0.150. The molecule has 1 saturated heterocycles. The highest BCUT2D eigenvalue weighted by Crippen LogP contribution is 2.28. The first-order valence-electron chi connectivity index (χ1n) is 5.77. The van der Waals surface area contributed by atoms with Crippen molar-refractivity contribution in [1.82, 2.24) is 4.31 Å². The van der Waals surface area contributed by atoms with E-state index in [-0.39, 0.29) is 16.4 Å². The minimum atomic E-state index is -3.73. The lowest BCUT2D eigenvalue weighted by atomic mass is 10.3. The van der Waals surface area contributed by atoms with Crippen molar-refractivity contribution in [2.24, 2.45) is 0 Å². The van der Waals surface area contributed by atoms with Crippen LogP contribution in [0.2, 0.25) is 5.02 Å². The lowest BCUT2D eigenvalue weighted by molar-refractivity contribution is 0.394. The average Bonchev–Trinajstić information content (AvgIpc) is 2.72. The number of sulfone groups is 1. The average molecular weight is 403 g/mol. The van der Waals surface area contributed by atoms with E-state index in [4.69, 9.17) is 11.6 Å². The highest BCUT2D eigenvalue weighted by molar-refractivity contribution is 9.10. The van der Waals surface area contributed by atoms with Gasteiger partial charge in [-0.15, -0.1) is 0 Å². The summed E-state index contributed by atoms with van der Waals surface area (Å²) < 4.78 is 49.5. The topological polar surface area (TPSA) is 71.5 Å². The molecule has 1 aliphatic rings. The van der Waals surface area contributed by atoms with Crippen LogP contribution in [-0.2, 0) is 19.9 Å². The second-order valence-corrected chi connectivity index (χ2v) is 10.1. The van der Waals surface area contributed by atoms with Crippen LogP contribution in [0, 0.1) is 0 Å². The number of sulfonamides is 1. The van der Waals surface area contributed by atoms with Crippen LogP contribution in [0.1, 0.15) is 6.42 Å². The maximum atomic E-state index is 12.5. The van der Waals surface area contributed by atoms with Gasteiger partial charge in [0.1, 0.15) is 0 Å². The molecule has 20 heavy (non-hydrogen) atoms. The number of hydrogen-bond acceptors (Lipinski definition) is 4. The van der Waals surface area contributed by atoms with Crippen LogP contribution in [0.3, 0.4) is 0 Å². The Morgan fingerprint density at radius 2 is 2.05 bits per heavy atom. The SMILES string of the molecule is CN(C1CCS(=O)(=O)C1)S(=O)(=O)c1ccc(Cl)c(Br)c1. The van der Waals surface area contributed by atoms with E-state index in [9.17, 15) is 16.8 Å². The molecule has 1 atom stereocenters. The summed E-state index contributed by atoms with van der Waals surface area (Å²) in [7, 11) is -5.46. The summed E-state index contributed by atoms with van der Waals surface area (Å²) >= 11 is 9.02. The molecular formula is C11H13BrClNO4S2. The van der Waals surface area contributed by atoms with Gasteiger partial charge in [-0.05, 0) is 40.5 Å². The normalized spacial score (nSPS) is 22.3. The monoisotopic (exact) mass is 401 g/mol. The molecule has 1 fully saturated rings. The Morgan fingerprint density at radius 3 is 2.55 bits per heavy atom. The van der Waals surface area contributed by atoms with Gasteiger partial charge in [0.15, 0.2) is 9.84 Å². The van der Waals surface area contributed by atoms with Gasteiger partial charge in [0.25, 0.3) is 0 Å². The number of nitrogens with zero attached hydrogens (tertiary/aromatic N) is 1. The number of hydrogen-bond donors (Lipinski definition) is 0. The van der Waals surface area contributed by atoms with E-state index < -0.39 is 25.9 Å². The van der Waals surface area contributed by atoms with E-state index in [1.165, 1.54) is 25.2 Å². The van der Waals surface area contributed by atoms with Crippen molar-refractivity contribution < 1.29 is 16.8 Å². The summed E-state index contributed by atoms with van der Waals surface area (Å²) in [6.07, 6.45) is 0.326. The van der Waals surface area contributed by atoms with Crippen molar-refractivity contribution in [1.29, 1.82) is 0 Å². The summed E-state index contributed by atoms with van der Waals surface area (Å²) in [5.41, 5.74) is 0. The van der Waals surface area contributed by atoms with E-state index in [1.54, 1.807) is 0 Å². The highest BCUT2D eigenvalue weighted by atomic mass is 79.9. The van der Waals surface area contributed by atoms with Gasteiger partial charge in [0.2, 0.25) is 10.0 Å². The zero-order valence-corrected chi connectivity index (χ0v) is 14.6. The van der Waals surface area contributed by atoms with Crippen LogP contribution >= 0.6 is 27.5 Å². The van der Waals surface area contributed by atoms with Gasteiger partial charge in [0.05, 0.1) is 21.4 Å². The summed E-state index contributed by atoms with van der Waals surface area (Å²) in [6.45, 7) is 0. The molecule has 1 unspecified atom stereocenters. The first-order valence-corrected chi connectivity index (χ1v) is 10.2. The Labute approximate surface area is 132 Å². The zero-order valence-electron chi connectivity index (χ0n) is 10.6. The number of halogens is 2. The Kier molecular flexibility index (Phi) is 4.52. The molecule has 2 rings (SSSR count). The molecular weight excluding hydrogens is 390 g/mol. The van der Waals surface area contributed by atoms with Crippen LogP contribution in [0.5, 0.6) is 0 Å². The predicted molar refractivity (Wildman–Crippen MR) is 81.2 cm³/mol. The van der Waals surface area contributed by atoms with Crippen LogP contribution < -0.4 is 0 Å². The van der Waals surface area contributed by atoms with Gasteiger partial charge in [-0.2, -0.15) is 4.31 Å². The van der Waals surface area contributed by atoms with Gasteiger partial charge in [-0.25, -0.2) is 16.8 Å². The molecule has 0 N–H and O–H groups in total. The van der Waals surface area contributed by atoms with Crippen molar-refractivity contribution >= 4 is 47.4 Å². The van der Waals surface area contributed by atoms with E-state index in [2.05, 4.69) is 15.9 Å². The van der Waals surface area contributed by atoms with Crippen molar-refractivity contribution in [3.05, 3.63) is 27.7 Å². The quantitative estimate of drug-likeness (QED) is 0.774. The molecule has 1 aliphatic heterocycles. The fraction of sp³-hybridized carbons (Fsp3) is 0.455. The predicted octanol–water partition coefficient (Wildman–Crippen LogP) is 1.91. The van der Waals surface area contributed by atoms with Gasteiger partial charge < -0.3 is 0 Å². The third-order valence-corrected chi connectivity index (χ3v) is 8.16. The zero-order chi connectivity index (χ0) is 15.1. The molecule has 0 saturated carbocycles. The molecule has 0 radical (unpaired) electrons. The minimum absolute atomic E-state index is 0.0296. The lowest BCUT2D eigenvalue weighted by Crippen LogP contribution is -2.37. The van der Waals surface area contributed by atoms with Gasteiger partial charge in [-0.1, -0.05) is 11.6 Å². The maximum absolute atomic E-state index is 12.5. The molecule has 1 aromatic rings. The third-order valence-electron chi connectivity index (χ3n) is 3.29. The summed E-state index contributed by atoms with van der Waals surface area (Å²) in [4.78, 5) is 0.0839. The van der Waals surface area contributed by atoms with Gasteiger partial charge in [-0.3, -0.25) is 0 Å². The second kappa shape index (κ2) is 5.57. The smallest absolute Gasteiger partial charge is 0.229 e. The molecule has 112 valence electrons. The first kappa shape index (κ1) is 16.2. The van der Waals surface area contributed by atoms with Crippen molar-refractivity contribution in [2.75, 3.05) is 18.6 Å². The largest absolute Gasteiger partial charge is 0.243 e. The summed E-state index contributed by atoms with van der Waals surface area (Å²) in [6, 6.07) is 3.79. The molecule has 0 aromatic heterocycles. The summed E-state index contributed by atoms with van der Waals surface area (Å²) in [5.74, 6) is -0.0979. The Morgan fingerprint density at radius 1 is 1.40 bits per heavy atom. The van der Waals surface area contributed by atoms with Crippen LogP contribution in [0.15, 0.2) is 27.6 Å². The summed E-state index contributed by atoms with van der Waals surface area (Å²) in [5, 5.41) is 0.412. The fourth-order valence-corrected chi connectivity index (χ4v) is 5.99.